The van der Waals surface area contributed by atoms with E-state index < -0.39 is 0 Å². The van der Waals surface area contributed by atoms with Crippen LogP contribution in [0.5, 0.6) is 0 Å². The Bertz CT molecular complexity index is 150. The maximum absolute atomic E-state index is 5.66. The van der Waals surface area contributed by atoms with Gasteiger partial charge in [-0.3, -0.25) is 4.90 Å². The normalized spacial score (nSPS) is 38.8. The number of hydrazine groups is 1. The van der Waals surface area contributed by atoms with E-state index in [1.807, 2.05) is 0 Å². The summed E-state index contributed by atoms with van der Waals surface area (Å²) < 4.78 is 5.26. The second kappa shape index (κ2) is 3.91. The standard InChI is InChI=1S/C6H14N4OS/c7-5-8-9-6(12-5)10-1-3-11-4-2-10/h5-6,8-9H,1-4,7H2. The second-order valence-corrected chi connectivity index (χ2v) is 4.07. The largest absolute Gasteiger partial charge is 0.379 e. The predicted octanol–water partition coefficient (Wildman–Crippen LogP) is -1.31. The van der Waals surface area contributed by atoms with Crippen LogP contribution in [0.2, 0.25) is 0 Å². The molecule has 0 aromatic heterocycles. The summed E-state index contributed by atoms with van der Waals surface area (Å²) in [6.07, 6.45) is 0. The average Bonchev–Trinajstić information content (AvgIpc) is 2.54. The lowest BCUT2D eigenvalue weighted by Gasteiger charge is -2.30. The van der Waals surface area contributed by atoms with Gasteiger partial charge in [0.25, 0.3) is 0 Å². The van der Waals surface area contributed by atoms with Gasteiger partial charge in [0.05, 0.1) is 13.2 Å². The van der Waals surface area contributed by atoms with Crippen LogP contribution in [0.25, 0.3) is 0 Å². The first-order chi connectivity index (χ1) is 5.86. The van der Waals surface area contributed by atoms with Gasteiger partial charge in [-0.2, -0.15) is 0 Å². The molecule has 5 nitrogen and oxygen atoms in total. The van der Waals surface area contributed by atoms with Crippen molar-refractivity contribution < 1.29 is 4.74 Å². The highest BCUT2D eigenvalue weighted by atomic mass is 32.2. The molecular formula is C6H14N4OS. The number of nitrogens with one attached hydrogen (secondary N) is 2. The molecule has 0 aliphatic carbocycles. The molecule has 2 aliphatic heterocycles. The molecule has 2 saturated heterocycles. The van der Waals surface area contributed by atoms with Crippen molar-refractivity contribution in [3.8, 4) is 0 Å². The van der Waals surface area contributed by atoms with Crippen molar-refractivity contribution in [2.24, 2.45) is 5.73 Å². The molecule has 2 rings (SSSR count). The first kappa shape index (κ1) is 8.74. The quantitative estimate of drug-likeness (QED) is 0.477. The number of morpholine rings is 1. The van der Waals surface area contributed by atoms with Crippen molar-refractivity contribution in [2.45, 2.75) is 11.0 Å². The fraction of sp³-hybridized carbons (Fsp3) is 1.00. The molecule has 0 amide bonds. The lowest BCUT2D eigenvalue weighted by molar-refractivity contribution is 0.0270. The van der Waals surface area contributed by atoms with Gasteiger partial charge in [0.15, 0.2) is 0 Å². The van der Waals surface area contributed by atoms with Crippen LogP contribution in [-0.2, 0) is 4.74 Å². The summed E-state index contributed by atoms with van der Waals surface area (Å²) in [6.45, 7) is 3.63. The fourth-order valence-electron chi connectivity index (χ4n) is 1.35. The summed E-state index contributed by atoms with van der Waals surface area (Å²) >= 11 is 1.70. The molecule has 2 heterocycles. The van der Waals surface area contributed by atoms with Gasteiger partial charge in [-0.1, -0.05) is 11.8 Å². The van der Waals surface area contributed by atoms with Crippen LogP contribution in [-0.4, -0.2) is 42.2 Å². The molecule has 0 aromatic rings. The van der Waals surface area contributed by atoms with E-state index in [1.165, 1.54) is 0 Å². The van der Waals surface area contributed by atoms with Gasteiger partial charge in [-0.15, -0.1) is 0 Å². The van der Waals surface area contributed by atoms with Crippen molar-refractivity contribution in [1.82, 2.24) is 15.8 Å². The van der Waals surface area contributed by atoms with Gasteiger partial charge < -0.3 is 10.5 Å². The smallest absolute Gasteiger partial charge is 0.123 e. The number of ether oxygens (including phenoxy) is 1. The van der Waals surface area contributed by atoms with Gasteiger partial charge in [-0.05, 0) is 0 Å². The lowest BCUT2D eigenvalue weighted by Crippen LogP contribution is -2.49. The molecule has 0 radical (unpaired) electrons. The predicted molar refractivity (Wildman–Crippen MR) is 48.0 cm³/mol. The van der Waals surface area contributed by atoms with Gasteiger partial charge in [0, 0.05) is 13.1 Å². The van der Waals surface area contributed by atoms with E-state index in [4.69, 9.17) is 10.5 Å². The number of nitrogens with two attached hydrogens (primary N) is 1. The van der Waals surface area contributed by atoms with E-state index in [9.17, 15) is 0 Å². The Morgan fingerprint density at radius 3 is 2.67 bits per heavy atom. The molecule has 6 heteroatoms. The lowest BCUT2D eigenvalue weighted by atomic mass is 10.4. The third kappa shape index (κ3) is 1.90. The summed E-state index contributed by atoms with van der Waals surface area (Å²) in [5, 5.41) is 0. The first-order valence-electron chi connectivity index (χ1n) is 4.10. The molecular weight excluding hydrogens is 176 g/mol. The highest BCUT2D eigenvalue weighted by Gasteiger charge is 2.27. The summed E-state index contributed by atoms with van der Waals surface area (Å²) in [5.74, 6) is 0. The number of nitrogens with zero attached hydrogens (tertiary/aromatic N) is 1. The molecule has 4 N–H and O–H groups in total. The summed E-state index contributed by atoms with van der Waals surface area (Å²) in [5.41, 5.74) is 12.1. The molecule has 0 aromatic carbocycles. The Morgan fingerprint density at radius 2 is 2.08 bits per heavy atom. The van der Waals surface area contributed by atoms with E-state index in [0.29, 0.717) is 5.50 Å². The van der Waals surface area contributed by atoms with E-state index in [1.54, 1.807) is 11.8 Å². The van der Waals surface area contributed by atoms with Gasteiger partial charge in [-0.25, -0.2) is 10.9 Å². The van der Waals surface area contributed by atoms with E-state index in [0.717, 1.165) is 26.3 Å². The van der Waals surface area contributed by atoms with Crippen molar-refractivity contribution in [1.29, 1.82) is 0 Å². The van der Waals surface area contributed by atoms with Crippen LogP contribution in [0, 0.1) is 0 Å². The summed E-state index contributed by atoms with van der Waals surface area (Å²) in [6, 6.07) is 0. The number of hydrogen-bond donors (Lipinski definition) is 3. The molecule has 0 saturated carbocycles. The van der Waals surface area contributed by atoms with Crippen molar-refractivity contribution in [3.05, 3.63) is 0 Å². The summed E-state index contributed by atoms with van der Waals surface area (Å²) in [4.78, 5) is 2.33. The maximum atomic E-state index is 5.66. The second-order valence-electron chi connectivity index (χ2n) is 2.85. The van der Waals surface area contributed by atoms with Crippen LogP contribution in [0.1, 0.15) is 0 Å². The molecule has 2 fully saturated rings. The van der Waals surface area contributed by atoms with Crippen molar-refractivity contribution in [2.75, 3.05) is 26.3 Å². The average molecular weight is 190 g/mol. The van der Waals surface area contributed by atoms with Gasteiger partial charge in [0.2, 0.25) is 0 Å². The first-order valence-corrected chi connectivity index (χ1v) is 5.04. The molecule has 2 atom stereocenters. The number of rotatable bonds is 1. The minimum atomic E-state index is 0.0119. The van der Waals surface area contributed by atoms with Gasteiger partial charge in [0.1, 0.15) is 11.0 Å². The molecule has 2 aliphatic rings. The van der Waals surface area contributed by atoms with Crippen LogP contribution in [0.4, 0.5) is 0 Å². The topological polar surface area (TPSA) is 62.5 Å². The molecule has 2 unspecified atom stereocenters. The zero-order valence-electron chi connectivity index (χ0n) is 6.82. The SMILES string of the molecule is NC1NNC(N2CCOCC2)S1. The number of hydrogen-bond acceptors (Lipinski definition) is 6. The Hall–Kier alpha value is 0.150. The molecule has 70 valence electrons. The van der Waals surface area contributed by atoms with Gasteiger partial charge >= 0.3 is 0 Å². The minimum Gasteiger partial charge on any atom is -0.379 e. The zero-order chi connectivity index (χ0) is 8.39. The van der Waals surface area contributed by atoms with Crippen molar-refractivity contribution in [3.63, 3.8) is 0 Å². The highest BCUT2D eigenvalue weighted by Crippen LogP contribution is 2.19. The van der Waals surface area contributed by atoms with E-state index >= 15 is 0 Å². The highest BCUT2D eigenvalue weighted by molar-refractivity contribution is 8.00. The Balaban J connectivity index is 1.83. The Kier molecular flexibility index (Phi) is 2.84. The molecule has 0 spiro atoms. The van der Waals surface area contributed by atoms with E-state index in [2.05, 4.69) is 15.8 Å². The van der Waals surface area contributed by atoms with Crippen LogP contribution in [0.3, 0.4) is 0 Å². The Labute approximate surface area is 76.0 Å². The summed E-state index contributed by atoms with van der Waals surface area (Å²) in [7, 11) is 0. The van der Waals surface area contributed by atoms with Crippen molar-refractivity contribution >= 4 is 11.8 Å². The maximum Gasteiger partial charge on any atom is 0.123 e. The van der Waals surface area contributed by atoms with Crippen LogP contribution >= 0.6 is 11.8 Å². The molecule has 0 bridgehead atoms. The fourth-order valence-corrected chi connectivity index (χ4v) is 2.28. The molecule has 12 heavy (non-hydrogen) atoms. The monoisotopic (exact) mass is 190 g/mol. The zero-order valence-corrected chi connectivity index (χ0v) is 7.64. The number of thioether (sulfide) groups is 1. The van der Waals surface area contributed by atoms with Crippen LogP contribution < -0.4 is 16.6 Å². The Morgan fingerprint density at radius 1 is 1.33 bits per heavy atom. The van der Waals surface area contributed by atoms with Crippen LogP contribution in [0.15, 0.2) is 0 Å². The minimum absolute atomic E-state index is 0.0119. The van der Waals surface area contributed by atoms with E-state index in [-0.39, 0.29) is 5.50 Å². The third-order valence-electron chi connectivity index (χ3n) is 2.00. The third-order valence-corrected chi connectivity index (χ3v) is 3.09.